The molecule has 0 aromatic heterocycles. The second-order valence-electron chi connectivity index (χ2n) is 3.46. The smallest absolute Gasteiger partial charge is 0.198 e. The lowest BCUT2D eigenvalue weighted by atomic mass is 10.3. The zero-order chi connectivity index (χ0) is 11.2. The van der Waals surface area contributed by atoms with Crippen LogP contribution in [0.3, 0.4) is 0 Å². The molecule has 0 aromatic rings. The molecule has 0 spiro atoms. The van der Waals surface area contributed by atoms with Crippen LogP contribution in [0.2, 0.25) is 0 Å². The molecule has 0 amide bonds. The number of rotatable bonds is 7. The molecule has 0 radical (unpaired) electrons. The van der Waals surface area contributed by atoms with Gasteiger partial charge in [-0.2, -0.15) is 17.4 Å². The summed E-state index contributed by atoms with van der Waals surface area (Å²) in [5, 5.41) is 0. The summed E-state index contributed by atoms with van der Waals surface area (Å²) in [5.41, 5.74) is 0.803. The molecule has 14 heavy (non-hydrogen) atoms. The van der Waals surface area contributed by atoms with Crippen molar-refractivity contribution in [2.75, 3.05) is 20.1 Å². The van der Waals surface area contributed by atoms with Gasteiger partial charge in [0.05, 0.1) is 0 Å². The van der Waals surface area contributed by atoms with Gasteiger partial charge in [-0.3, -0.25) is 0 Å². The summed E-state index contributed by atoms with van der Waals surface area (Å²) in [6.07, 6.45) is 1.87. The predicted octanol–water partition coefficient (Wildman–Crippen LogP) is 1.13. The summed E-state index contributed by atoms with van der Waals surface area (Å²) in [6.45, 7) is 8.31. The Morgan fingerprint density at radius 1 is 1.50 bits per heavy atom. The van der Waals surface area contributed by atoms with Crippen LogP contribution < -0.4 is 4.72 Å². The van der Waals surface area contributed by atoms with Gasteiger partial charge in [0.2, 0.25) is 0 Å². The van der Waals surface area contributed by atoms with E-state index in [1.54, 1.807) is 14.0 Å². The summed E-state index contributed by atoms with van der Waals surface area (Å²) < 4.78 is 26.8. The third-order valence-electron chi connectivity index (χ3n) is 1.79. The van der Waals surface area contributed by atoms with Crippen molar-refractivity contribution in [3.63, 3.8) is 0 Å². The molecule has 1 N–H and O–H groups in total. The number of hydrogen-bond donors (Lipinski definition) is 1. The van der Waals surface area contributed by atoms with Crippen LogP contribution in [-0.4, -0.2) is 32.9 Å². The van der Waals surface area contributed by atoms with E-state index in [2.05, 4.69) is 11.3 Å². The predicted molar refractivity (Wildman–Crippen MR) is 59.3 cm³/mol. The molecule has 0 saturated heterocycles. The number of nitrogens with zero attached hydrogens (tertiary/aromatic N) is 1. The molecule has 4 nitrogen and oxygen atoms in total. The van der Waals surface area contributed by atoms with Crippen molar-refractivity contribution in [3.8, 4) is 0 Å². The second kappa shape index (κ2) is 6.16. The monoisotopic (exact) mass is 220 g/mol. The average molecular weight is 220 g/mol. The maximum absolute atomic E-state index is 11.5. The Kier molecular flexibility index (Phi) is 5.99. The Bertz CT molecular complexity index is 273. The third kappa shape index (κ3) is 5.36. The van der Waals surface area contributed by atoms with Crippen molar-refractivity contribution in [2.45, 2.75) is 26.7 Å². The van der Waals surface area contributed by atoms with Gasteiger partial charge in [0, 0.05) is 20.1 Å². The molecule has 0 aliphatic heterocycles. The van der Waals surface area contributed by atoms with Crippen LogP contribution in [0.15, 0.2) is 12.2 Å². The molecule has 84 valence electrons. The minimum Gasteiger partial charge on any atom is -0.198 e. The first-order valence-electron chi connectivity index (χ1n) is 4.75. The average Bonchev–Trinajstić information content (AvgIpc) is 2.11. The van der Waals surface area contributed by atoms with E-state index < -0.39 is 10.2 Å². The van der Waals surface area contributed by atoms with Gasteiger partial charge < -0.3 is 0 Å². The highest BCUT2D eigenvalue weighted by molar-refractivity contribution is 7.87. The Morgan fingerprint density at radius 2 is 2.07 bits per heavy atom. The molecule has 0 rings (SSSR count). The molecule has 0 aliphatic rings. The fraction of sp³-hybridized carbons (Fsp3) is 0.778. The first-order chi connectivity index (χ1) is 6.40. The van der Waals surface area contributed by atoms with Crippen molar-refractivity contribution in [1.29, 1.82) is 0 Å². The first kappa shape index (κ1) is 13.6. The molecule has 5 heteroatoms. The molecule has 0 atom stereocenters. The molecule has 0 fully saturated rings. The molecule has 0 aromatic carbocycles. The molecule has 0 saturated carbocycles. The van der Waals surface area contributed by atoms with Crippen LogP contribution in [0.1, 0.15) is 26.7 Å². The Balaban J connectivity index is 4.10. The highest BCUT2D eigenvalue weighted by atomic mass is 32.2. The summed E-state index contributed by atoms with van der Waals surface area (Å²) in [4.78, 5) is 0. The Hall–Kier alpha value is -0.390. The lowest BCUT2D eigenvalue weighted by molar-refractivity contribution is 0.450. The van der Waals surface area contributed by atoms with E-state index >= 15 is 0 Å². The Labute approximate surface area is 87.2 Å². The quantitative estimate of drug-likeness (QED) is 0.654. The van der Waals surface area contributed by atoms with Crippen LogP contribution in [0.25, 0.3) is 0 Å². The van der Waals surface area contributed by atoms with E-state index in [1.165, 1.54) is 4.31 Å². The van der Waals surface area contributed by atoms with Gasteiger partial charge in [-0.15, -0.1) is 0 Å². The van der Waals surface area contributed by atoms with Crippen LogP contribution in [0.5, 0.6) is 0 Å². The molecule has 0 unspecified atom stereocenters. The summed E-state index contributed by atoms with van der Waals surface area (Å²) in [5.74, 6) is 0. The zero-order valence-electron chi connectivity index (χ0n) is 9.21. The highest BCUT2D eigenvalue weighted by Gasteiger charge is 2.15. The highest BCUT2D eigenvalue weighted by Crippen LogP contribution is 1.98. The van der Waals surface area contributed by atoms with Gasteiger partial charge in [0.15, 0.2) is 0 Å². The van der Waals surface area contributed by atoms with E-state index in [9.17, 15) is 8.42 Å². The Morgan fingerprint density at radius 3 is 2.50 bits per heavy atom. The van der Waals surface area contributed by atoms with Gasteiger partial charge in [-0.05, 0) is 13.3 Å². The van der Waals surface area contributed by atoms with Gasteiger partial charge in [0.25, 0.3) is 10.2 Å². The van der Waals surface area contributed by atoms with Gasteiger partial charge in [0.1, 0.15) is 0 Å². The van der Waals surface area contributed by atoms with Crippen molar-refractivity contribution in [1.82, 2.24) is 9.03 Å². The minimum absolute atomic E-state index is 0.304. The van der Waals surface area contributed by atoms with Crippen molar-refractivity contribution >= 4 is 10.2 Å². The van der Waals surface area contributed by atoms with E-state index in [4.69, 9.17) is 0 Å². The van der Waals surface area contributed by atoms with Gasteiger partial charge in [-0.25, -0.2) is 0 Å². The minimum atomic E-state index is -3.31. The molecule has 0 bridgehead atoms. The van der Waals surface area contributed by atoms with E-state index in [-0.39, 0.29) is 0 Å². The lowest BCUT2D eigenvalue weighted by Gasteiger charge is -2.17. The fourth-order valence-corrected chi connectivity index (χ4v) is 1.84. The fourth-order valence-electron chi connectivity index (χ4n) is 0.826. The van der Waals surface area contributed by atoms with Crippen molar-refractivity contribution < 1.29 is 8.42 Å². The SMILES string of the molecule is C=C(C)CNS(=O)(=O)N(C)CCCC. The largest absolute Gasteiger partial charge is 0.279 e. The molecular weight excluding hydrogens is 200 g/mol. The summed E-state index contributed by atoms with van der Waals surface area (Å²) in [7, 11) is -1.73. The van der Waals surface area contributed by atoms with E-state index in [0.717, 1.165) is 18.4 Å². The maximum Gasteiger partial charge on any atom is 0.279 e. The second-order valence-corrected chi connectivity index (χ2v) is 5.32. The normalized spacial score (nSPS) is 12.0. The van der Waals surface area contributed by atoms with E-state index in [0.29, 0.717) is 13.1 Å². The van der Waals surface area contributed by atoms with Crippen LogP contribution in [-0.2, 0) is 10.2 Å². The first-order valence-corrected chi connectivity index (χ1v) is 6.19. The zero-order valence-corrected chi connectivity index (χ0v) is 10.0. The third-order valence-corrected chi connectivity index (χ3v) is 3.31. The van der Waals surface area contributed by atoms with Crippen LogP contribution in [0.4, 0.5) is 0 Å². The van der Waals surface area contributed by atoms with E-state index in [1.807, 2.05) is 6.92 Å². The topological polar surface area (TPSA) is 49.4 Å². The van der Waals surface area contributed by atoms with Gasteiger partial charge in [-0.1, -0.05) is 25.5 Å². The summed E-state index contributed by atoms with van der Waals surface area (Å²) >= 11 is 0. The van der Waals surface area contributed by atoms with Crippen LogP contribution >= 0.6 is 0 Å². The van der Waals surface area contributed by atoms with Crippen molar-refractivity contribution in [3.05, 3.63) is 12.2 Å². The number of nitrogens with one attached hydrogen (secondary N) is 1. The number of unbranched alkanes of at least 4 members (excludes halogenated alkanes) is 1. The summed E-state index contributed by atoms with van der Waals surface area (Å²) in [6, 6.07) is 0. The molecule has 0 heterocycles. The van der Waals surface area contributed by atoms with Crippen LogP contribution in [0, 0.1) is 0 Å². The van der Waals surface area contributed by atoms with Gasteiger partial charge >= 0.3 is 0 Å². The maximum atomic E-state index is 11.5. The molecular formula is C9H20N2O2S. The number of hydrogen-bond acceptors (Lipinski definition) is 2. The standard InChI is InChI=1S/C9H20N2O2S/c1-5-6-7-11(4)14(12,13)10-8-9(2)3/h10H,2,5-8H2,1,3-4H3. The lowest BCUT2D eigenvalue weighted by Crippen LogP contribution is -2.39. The molecule has 0 aliphatic carbocycles. The van der Waals surface area contributed by atoms with Crippen molar-refractivity contribution in [2.24, 2.45) is 0 Å².